The zero-order valence-corrected chi connectivity index (χ0v) is 55.1. The number of Topliss-reactive ketones (excluding diaryl/α,β-unsaturated/α-hetero) is 2. The van der Waals surface area contributed by atoms with Crippen LogP contribution in [0.3, 0.4) is 0 Å². The molecule has 6 aromatic carbocycles. The number of carbonyl (C=O) groups is 4. The van der Waals surface area contributed by atoms with Crippen LogP contribution in [0, 0.1) is 11.8 Å². The number of nitrogens with zero attached hydrogens (tertiary/aromatic N) is 2. The van der Waals surface area contributed by atoms with Gasteiger partial charge >= 0.3 is 12.2 Å². The van der Waals surface area contributed by atoms with Crippen molar-refractivity contribution < 1.29 is 64.5 Å². The van der Waals surface area contributed by atoms with Gasteiger partial charge in [0.25, 0.3) is 0 Å². The van der Waals surface area contributed by atoms with Crippen molar-refractivity contribution in [2.24, 2.45) is 11.8 Å². The molecule has 0 aromatic heterocycles. The maximum Gasteiger partial charge on any atom is 0.407 e. The van der Waals surface area contributed by atoms with Crippen LogP contribution in [0.15, 0.2) is 180 Å². The summed E-state index contributed by atoms with van der Waals surface area (Å²) in [7, 11) is -5.57. The number of aliphatic hydroxyl groups is 2. The van der Waals surface area contributed by atoms with Gasteiger partial charge in [0.15, 0.2) is 11.6 Å². The molecular weight excluding hydrogens is 1220 g/mol. The van der Waals surface area contributed by atoms with Crippen molar-refractivity contribution in [1.82, 2.24) is 19.2 Å². The fourth-order valence-corrected chi connectivity index (χ4v) is 14.1. The van der Waals surface area contributed by atoms with Crippen molar-refractivity contribution >= 4 is 55.2 Å². The lowest BCUT2D eigenvalue weighted by Gasteiger charge is -2.31. The van der Waals surface area contributed by atoms with Crippen LogP contribution in [0.5, 0.6) is 0 Å². The summed E-state index contributed by atoms with van der Waals surface area (Å²) >= 11 is 0. The molecule has 0 spiro atoms. The number of halogens is 2. The van der Waals surface area contributed by atoms with Crippen LogP contribution in [-0.4, -0.2) is 136 Å². The smallest absolute Gasteiger partial charge is 0.407 e. The number of nitrogens with two attached hydrogens (primary N) is 2. The molecule has 0 saturated carbocycles. The van der Waals surface area contributed by atoms with E-state index in [4.69, 9.17) is 20.9 Å². The second-order valence-corrected chi connectivity index (χ2v) is 27.4. The SMILES string of the molecule is COC(=O)N[C@H](C(=O)CC[C@@H](F)CC[C@@H](CO)N(CCC(C)C)S(=O)(=O)c1ccc(N)cc1)C(c1ccccc1)c1ccccc1.COC(=O)N[C@H](C(=O)CC[C@H](F)CC[C@@H](CO)N(CCC(C)C)S(=O)(=O)c1ccc(N)cc1)C(c1ccccc1)c1ccccc1. The first-order valence-electron chi connectivity index (χ1n) is 31.1. The number of methoxy groups -OCH3 is 2. The Balaban J connectivity index is 0.000000334. The third-order valence-electron chi connectivity index (χ3n) is 16.0. The molecule has 2 amide bonds. The molecule has 92 heavy (non-hydrogen) atoms. The molecule has 8 N–H and O–H groups in total. The summed E-state index contributed by atoms with van der Waals surface area (Å²) in [6.45, 7) is 7.23. The lowest BCUT2D eigenvalue weighted by molar-refractivity contribution is -0.122. The van der Waals surface area contributed by atoms with E-state index in [1.165, 1.54) is 71.4 Å². The predicted octanol–water partition coefficient (Wildman–Crippen LogP) is 11.4. The summed E-state index contributed by atoms with van der Waals surface area (Å²) < 4.78 is 97.3. The van der Waals surface area contributed by atoms with E-state index in [1.54, 1.807) is 0 Å². The van der Waals surface area contributed by atoms with Gasteiger partial charge in [-0.3, -0.25) is 9.59 Å². The van der Waals surface area contributed by atoms with Crippen LogP contribution in [-0.2, 0) is 39.1 Å². The molecule has 6 atom stereocenters. The van der Waals surface area contributed by atoms with Gasteiger partial charge in [-0.15, -0.1) is 0 Å². The van der Waals surface area contributed by atoms with Gasteiger partial charge < -0.3 is 41.8 Å². The lowest BCUT2D eigenvalue weighted by Crippen LogP contribution is -2.45. The molecule has 0 unspecified atom stereocenters. The largest absolute Gasteiger partial charge is 0.453 e. The standard InChI is InChI=1S/2C35H46FN3O6S/c2*1-25(2)22-23-39(46(43,44)31-19-16-29(37)17-20-31)30(24-40)18-14-28(36)15-21-32(41)34(38-35(42)45-3)33(26-10-6-4-7-11-26)27-12-8-5-9-13-27/h2*4-13,16-17,19-20,25,28,30,33-34,40H,14-15,18,21-24,37H2,1-3H3,(H,38,42)/t28-,30+,34-;28-,30-,34+/m10/s1. The van der Waals surface area contributed by atoms with E-state index < -0.39 is 93.8 Å². The minimum Gasteiger partial charge on any atom is -0.453 e. The van der Waals surface area contributed by atoms with E-state index >= 15 is 8.78 Å². The average Bonchev–Trinajstić information content (AvgIpc) is 0.956. The number of amides is 2. The number of hydrogen-bond acceptors (Lipinski definition) is 14. The molecule has 18 nitrogen and oxygen atoms in total. The van der Waals surface area contributed by atoms with Crippen LogP contribution >= 0.6 is 0 Å². The summed E-state index contributed by atoms with van der Waals surface area (Å²) in [5.74, 6) is -1.42. The van der Waals surface area contributed by atoms with E-state index in [9.17, 15) is 46.2 Å². The molecule has 0 aliphatic rings. The Morgan fingerprint density at radius 3 is 0.978 bits per heavy atom. The number of nitrogen functional groups attached to an aromatic ring is 2. The highest BCUT2D eigenvalue weighted by Gasteiger charge is 2.37. The van der Waals surface area contributed by atoms with Crippen LogP contribution < -0.4 is 22.1 Å². The number of hydrogen-bond donors (Lipinski definition) is 6. The normalized spacial score (nSPS) is 13.8. The van der Waals surface area contributed by atoms with E-state index in [0.29, 0.717) is 24.2 Å². The van der Waals surface area contributed by atoms with E-state index in [0.717, 1.165) is 22.3 Å². The fraction of sp³-hybridized carbons (Fsp3) is 0.429. The summed E-state index contributed by atoms with van der Waals surface area (Å²) in [6, 6.07) is 45.0. The molecule has 6 rings (SSSR count). The number of anilines is 2. The van der Waals surface area contributed by atoms with Crippen molar-refractivity contribution in [3.63, 3.8) is 0 Å². The molecule has 0 fully saturated rings. The zero-order valence-electron chi connectivity index (χ0n) is 53.4. The number of benzene rings is 6. The van der Waals surface area contributed by atoms with Crippen molar-refractivity contribution in [3.05, 3.63) is 192 Å². The van der Waals surface area contributed by atoms with Crippen molar-refractivity contribution in [3.8, 4) is 0 Å². The maximum absolute atomic E-state index is 15.4. The molecule has 22 heteroatoms. The third kappa shape index (κ3) is 22.9. The number of sulfonamides is 2. The highest BCUT2D eigenvalue weighted by molar-refractivity contribution is 7.89. The molecule has 6 aromatic rings. The number of rotatable bonds is 36. The molecule has 0 aliphatic heterocycles. The summed E-state index contributed by atoms with van der Waals surface area (Å²) in [6.07, 6.45) is -3.98. The van der Waals surface area contributed by atoms with E-state index in [1.807, 2.05) is 149 Å². The fourth-order valence-electron chi connectivity index (χ4n) is 10.8. The first kappa shape index (κ1) is 75.1. The number of aliphatic hydroxyl groups excluding tert-OH is 2. The van der Waals surface area contributed by atoms with Crippen LogP contribution in [0.25, 0.3) is 0 Å². The van der Waals surface area contributed by atoms with E-state index in [-0.39, 0.29) is 97.6 Å². The first-order chi connectivity index (χ1) is 43.9. The second kappa shape index (κ2) is 37.8. The quantitative estimate of drug-likeness (QED) is 0.0200. The van der Waals surface area contributed by atoms with Crippen LogP contribution in [0.2, 0.25) is 0 Å². The Morgan fingerprint density at radius 2 is 0.728 bits per heavy atom. The Bertz CT molecular complexity index is 3090. The van der Waals surface area contributed by atoms with Gasteiger partial charge in [0.05, 0.1) is 37.2 Å². The second-order valence-electron chi connectivity index (χ2n) is 23.6. The number of nitrogens with one attached hydrogen (secondary N) is 2. The first-order valence-corrected chi connectivity index (χ1v) is 34.0. The summed E-state index contributed by atoms with van der Waals surface area (Å²) in [4.78, 5) is 52.2. The van der Waals surface area contributed by atoms with Crippen molar-refractivity contribution in [2.75, 3.05) is 52.0 Å². The summed E-state index contributed by atoms with van der Waals surface area (Å²) in [5.41, 5.74) is 15.5. The highest BCUT2D eigenvalue weighted by atomic mass is 32.2. The third-order valence-corrected chi connectivity index (χ3v) is 19.9. The van der Waals surface area contributed by atoms with E-state index in [2.05, 4.69) is 10.6 Å². The van der Waals surface area contributed by atoms with Gasteiger partial charge in [0.2, 0.25) is 20.0 Å². The average molecular weight is 1310 g/mol. The number of alkyl halides is 2. The number of carbonyl (C=O) groups excluding carboxylic acids is 4. The zero-order chi connectivity index (χ0) is 67.4. The Morgan fingerprint density at radius 1 is 0.446 bits per heavy atom. The molecule has 0 heterocycles. The monoisotopic (exact) mass is 1310 g/mol. The molecule has 0 saturated heterocycles. The molecule has 0 radical (unpaired) electrons. The van der Waals surface area contributed by atoms with Gasteiger partial charge in [0, 0.05) is 61.2 Å². The Hall–Kier alpha value is -7.60. The molecule has 500 valence electrons. The Labute approximate surface area is 542 Å². The van der Waals surface area contributed by atoms with Crippen LogP contribution in [0.1, 0.15) is 126 Å². The molecule has 0 aliphatic carbocycles. The van der Waals surface area contributed by atoms with Gasteiger partial charge in [-0.2, -0.15) is 8.61 Å². The van der Waals surface area contributed by atoms with Gasteiger partial charge in [-0.1, -0.05) is 149 Å². The lowest BCUT2D eigenvalue weighted by atomic mass is 9.82. The minimum atomic E-state index is -4.00. The van der Waals surface area contributed by atoms with Gasteiger partial charge in [-0.25, -0.2) is 35.2 Å². The predicted molar refractivity (Wildman–Crippen MR) is 355 cm³/mol. The number of alkyl carbamates (subject to hydrolysis) is 2. The van der Waals surface area contributed by atoms with Crippen molar-refractivity contribution in [2.45, 2.75) is 150 Å². The molecule has 0 bridgehead atoms. The highest BCUT2D eigenvalue weighted by Crippen LogP contribution is 2.33. The minimum absolute atomic E-state index is 0.0434. The topological polar surface area (TPSA) is 278 Å². The van der Waals surface area contributed by atoms with Crippen molar-refractivity contribution in [1.29, 1.82) is 0 Å². The maximum atomic E-state index is 15.4. The Kier molecular flexibility index (Phi) is 30.9. The molecular formula is C70H92F2N6O12S2. The van der Waals surface area contributed by atoms with Crippen LogP contribution in [0.4, 0.5) is 29.7 Å². The summed E-state index contributed by atoms with van der Waals surface area (Å²) in [5, 5.41) is 25.8. The van der Waals surface area contributed by atoms with Gasteiger partial charge in [-0.05, 0) is 134 Å². The number of ketones is 2. The van der Waals surface area contributed by atoms with Gasteiger partial charge in [0.1, 0.15) is 24.4 Å². The number of ether oxygens (including phenoxy) is 2.